The van der Waals surface area contributed by atoms with E-state index in [4.69, 9.17) is 0 Å². The SMILES string of the molecule is Cc1cccc(NC(=O)N(Cc2cccnc2)Cc2cc3cc(C)ccc3n3nnnc23)c1. The number of carbonyl (C=O) groups excluding carboxylic acids is 1. The molecule has 0 atom stereocenters. The number of aromatic nitrogens is 5. The lowest BCUT2D eigenvalue weighted by Crippen LogP contribution is -2.34. The first-order valence-corrected chi connectivity index (χ1v) is 10.7. The third kappa shape index (κ3) is 4.36. The summed E-state index contributed by atoms with van der Waals surface area (Å²) in [6, 6.07) is 19.6. The van der Waals surface area contributed by atoms with Crippen molar-refractivity contribution in [1.82, 2.24) is 29.9 Å². The fourth-order valence-corrected chi connectivity index (χ4v) is 3.94. The first-order chi connectivity index (χ1) is 16.1. The lowest BCUT2D eigenvalue weighted by atomic mass is 10.1. The first-order valence-electron chi connectivity index (χ1n) is 10.7. The molecule has 164 valence electrons. The minimum Gasteiger partial charge on any atom is -0.316 e. The van der Waals surface area contributed by atoms with Gasteiger partial charge in [-0.1, -0.05) is 29.8 Å². The van der Waals surface area contributed by atoms with Gasteiger partial charge in [0, 0.05) is 35.6 Å². The van der Waals surface area contributed by atoms with Crippen molar-refractivity contribution in [3.05, 3.63) is 95.3 Å². The van der Waals surface area contributed by atoms with Crippen molar-refractivity contribution < 1.29 is 4.79 Å². The summed E-state index contributed by atoms with van der Waals surface area (Å²) < 4.78 is 1.73. The minimum atomic E-state index is -0.209. The van der Waals surface area contributed by atoms with E-state index in [1.54, 1.807) is 21.8 Å². The van der Waals surface area contributed by atoms with E-state index in [1.165, 1.54) is 0 Å². The van der Waals surface area contributed by atoms with Crippen LogP contribution in [0.15, 0.2) is 73.1 Å². The number of fused-ring (bicyclic) bond motifs is 3. The number of anilines is 1. The molecule has 8 heteroatoms. The third-order valence-corrected chi connectivity index (χ3v) is 5.51. The Kier molecular flexibility index (Phi) is 5.40. The van der Waals surface area contributed by atoms with Crippen LogP contribution in [0, 0.1) is 13.8 Å². The van der Waals surface area contributed by atoms with Gasteiger partial charge in [0.15, 0.2) is 5.65 Å². The fourth-order valence-electron chi connectivity index (χ4n) is 3.94. The summed E-state index contributed by atoms with van der Waals surface area (Å²) in [5, 5.41) is 16.3. The summed E-state index contributed by atoms with van der Waals surface area (Å²) >= 11 is 0. The van der Waals surface area contributed by atoms with Crippen LogP contribution in [0.2, 0.25) is 0 Å². The van der Waals surface area contributed by atoms with Crippen LogP contribution in [0.25, 0.3) is 16.6 Å². The molecule has 2 aromatic carbocycles. The van der Waals surface area contributed by atoms with Gasteiger partial charge in [-0.3, -0.25) is 4.98 Å². The molecule has 0 bridgehead atoms. The number of nitrogens with one attached hydrogen (secondary N) is 1. The highest BCUT2D eigenvalue weighted by Gasteiger charge is 2.19. The molecule has 5 rings (SSSR count). The van der Waals surface area contributed by atoms with E-state index >= 15 is 0 Å². The zero-order valence-electron chi connectivity index (χ0n) is 18.4. The van der Waals surface area contributed by atoms with Crippen LogP contribution in [0.1, 0.15) is 22.3 Å². The zero-order chi connectivity index (χ0) is 22.8. The summed E-state index contributed by atoms with van der Waals surface area (Å²) in [6.07, 6.45) is 3.49. The molecule has 0 radical (unpaired) electrons. The van der Waals surface area contributed by atoms with Crippen molar-refractivity contribution >= 4 is 28.3 Å². The Balaban J connectivity index is 1.53. The molecule has 33 heavy (non-hydrogen) atoms. The molecule has 8 nitrogen and oxygen atoms in total. The maximum atomic E-state index is 13.4. The predicted molar refractivity (Wildman–Crippen MR) is 127 cm³/mol. The normalized spacial score (nSPS) is 11.1. The van der Waals surface area contributed by atoms with Crippen molar-refractivity contribution in [2.24, 2.45) is 0 Å². The lowest BCUT2D eigenvalue weighted by Gasteiger charge is -2.24. The number of benzene rings is 2. The molecular weight excluding hydrogens is 414 g/mol. The smallest absolute Gasteiger partial charge is 0.316 e. The molecule has 3 aromatic heterocycles. The zero-order valence-corrected chi connectivity index (χ0v) is 18.4. The summed E-state index contributed by atoms with van der Waals surface area (Å²) in [6.45, 7) is 4.77. The molecule has 0 spiro atoms. The summed E-state index contributed by atoms with van der Waals surface area (Å²) in [5.41, 5.74) is 6.32. The molecule has 0 saturated carbocycles. The maximum absolute atomic E-state index is 13.4. The maximum Gasteiger partial charge on any atom is 0.322 e. The van der Waals surface area contributed by atoms with Crippen molar-refractivity contribution in [1.29, 1.82) is 0 Å². The van der Waals surface area contributed by atoms with Crippen LogP contribution >= 0.6 is 0 Å². The van der Waals surface area contributed by atoms with Crippen molar-refractivity contribution in [3.63, 3.8) is 0 Å². The summed E-state index contributed by atoms with van der Waals surface area (Å²) in [5.74, 6) is 0. The molecule has 1 N–H and O–H groups in total. The summed E-state index contributed by atoms with van der Waals surface area (Å²) in [4.78, 5) is 19.3. The van der Waals surface area contributed by atoms with E-state index in [2.05, 4.69) is 38.0 Å². The number of rotatable bonds is 5. The van der Waals surface area contributed by atoms with Gasteiger partial charge in [0.1, 0.15) is 0 Å². The predicted octanol–water partition coefficient (Wildman–Crippen LogP) is 4.52. The molecule has 0 saturated heterocycles. The van der Waals surface area contributed by atoms with Crippen LogP contribution in [-0.2, 0) is 13.1 Å². The van der Waals surface area contributed by atoms with Crippen LogP contribution in [-0.4, -0.2) is 36.0 Å². The second kappa shape index (κ2) is 8.66. The molecule has 2 amide bonds. The van der Waals surface area contributed by atoms with E-state index < -0.39 is 0 Å². The highest BCUT2D eigenvalue weighted by Crippen LogP contribution is 2.23. The van der Waals surface area contributed by atoms with Gasteiger partial charge in [0.25, 0.3) is 0 Å². The fraction of sp³-hybridized carbons (Fsp3) is 0.160. The Bertz CT molecular complexity index is 1450. The van der Waals surface area contributed by atoms with Gasteiger partial charge >= 0.3 is 6.03 Å². The van der Waals surface area contributed by atoms with E-state index in [1.807, 2.05) is 62.4 Å². The number of hydrogen-bond acceptors (Lipinski definition) is 5. The van der Waals surface area contributed by atoms with Gasteiger partial charge in [-0.05, 0) is 71.8 Å². The molecular formula is C25H23N7O. The van der Waals surface area contributed by atoms with E-state index in [0.717, 1.165) is 38.8 Å². The molecule has 0 unspecified atom stereocenters. The molecule has 5 aromatic rings. The average Bonchev–Trinajstić information content (AvgIpc) is 3.29. The number of carbonyl (C=O) groups is 1. The topological polar surface area (TPSA) is 88.3 Å². The molecule has 0 aliphatic rings. The third-order valence-electron chi connectivity index (χ3n) is 5.51. The Morgan fingerprint density at radius 2 is 1.88 bits per heavy atom. The number of pyridine rings is 2. The van der Waals surface area contributed by atoms with E-state index in [9.17, 15) is 4.79 Å². The molecule has 0 aliphatic carbocycles. The average molecular weight is 438 g/mol. The summed E-state index contributed by atoms with van der Waals surface area (Å²) in [7, 11) is 0. The second-order valence-corrected chi connectivity index (χ2v) is 8.16. The van der Waals surface area contributed by atoms with Gasteiger partial charge in [-0.25, -0.2) is 4.79 Å². The second-order valence-electron chi connectivity index (χ2n) is 8.16. The van der Waals surface area contributed by atoms with Crippen LogP contribution < -0.4 is 5.32 Å². The Morgan fingerprint density at radius 3 is 2.70 bits per heavy atom. The standard InChI is InChI=1S/C25H23N7O/c1-17-5-3-7-22(12-17)27-25(33)31(15-19-6-4-10-26-14-19)16-21-13-20-11-18(2)8-9-23(20)32-24(21)28-29-30-32/h3-14H,15-16H2,1-2H3,(H,27,33). The number of hydrogen-bond donors (Lipinski definition) is 1. The number of urea groups is 1. The highest BCUT2D eigenvalue weighted by molar-refractivity contribution is 5.90. The highest BCUT2D eigenvalue weighted by atomic mass is 16.2. The van der Waals surface area contributed by atoms with Gasteiger partial charge in [0.05, 0.1) is 12.1 Å². The van der Waals surface area contributed by atoms with E-state index in [0.29, 0.717) is 18.7 Å². The van der Waals surface area contributed by atoms with Gasteiger partial charge in [0.2, 0.25) is 0 Å². The van der Waals surface area contributed by atoms with Gasteiger partial charge < -0.3 is 10.2 Å². The number of nitrogens with zero attached hydrogens (tertiary/aromatic N) is 6. The van der Waals surface area contributed by atoms with Crippen molar-refractivity contribution in [2.45, 2.75) is 26.9 Å². The number of tetrazole rings is 1. The molecule has 0 aliphatic heterocycles. The largest absolute Gasteiger partial charge is 0.322 e. The van der Waals surface area contributed by atoms with Crippen LogP contribution in [0.5, 0.6) is 0 Å². The monoisotopic (exact) mass is 437 g/mol. The van der Waals surface area contributed by atoms with Crippen LogP contribution in [0.4, 0.5) is 10.5 Å². The van der Waals surface area contributed by atoms with Crippen molar-refractivity contribution in [2.75, 3.05) is 5.32 Å². The molecule has 3 heterocycles. The van der Waals surface area contributed by atoms with Crippen molar-refractivity contribution in [3.8, 4) is 0 Å². The van der Waals surface area contributed by atoms with Gasteiger partial charge in [-0.2, -0.15) is 4.52 Å². The number of amides is 2. The van der Waals surface area contributed by atoms with Gasteiger partial charge in [-0.15, -0.1) is 5.10 Å². The Morgan fingerprint density at radius 1 is 1.00 bits per heavy atom. The van der Waals surface area contributed by atoms with Crippen LogP contribution in [0.3, 0.4) is 0 Å². The first kappa shape index (κ1) is 20.6. The van der Waals surface area contributed by atoms with E-state index in [-0.39, 0.29) is 6.03 Å². The Labute approximate surface area is 190 Å². The number of aryl methyl sites for hydroxylation is 2. The lowest BCUT2D eigenvalue weighted by molar-refractivity contribution is 0.206. The molecule has 0 fully saturated rings. The minimum absolute atomic E-state index is 0.209. The Hall–Kier alpha value is -4.33. The quantitative estimate of drug-likeness (QED) is 0.437.